The number of fused-ring (bicyclic) bond motifs is 1. The van der Waals surface area contributed by atoms with Crippen LogP contribution in [0.15, 0.2) is 0 Å². The van der Waals surface area contributed by atoms with Gasteiger partial charge in [-0.3, -0.25) is 0 Å². The molecular weight excluding hydrogens is 188 g/mol. The van der Waals surface area contributed by atoms with Crippen LogP contribution in [0, 0.1) is 17.8 Å². The molecule has 13 heavy (non-hydrogen) atoms. The van der Waals surface area contributed by atoms with Crippen molar-refractivity contribution in [2.45, 2.75) is 31.3 Å². The van der Waals surface area contributed by atoms with Crippen molar-refractivity contribution in [1.82, 2.24) is 0 Å². The Bertz CT molecular complexity index is 348. The van der Waals surface area contributed by atoms with E-state index in [0.29, 0.717) is 11.7 Å². The maximum atomic E-state index is 11.8. The highest BCUT2D eigenvalue weighted by molar-refractivity contribution is 7.92. The van der Waals surface area contributed by atoms with E-state index in [9.17, 15) is 8.42 Å². The largest absolute Gasteiger partial charge is 0.373 e. The van der Waals surface area contributed by atoms with Crippen molar-refractivity contribution in [3.8, 4) is 0 Å². The van der Waals surface area contributed by atoms with Crippen molar-refractivity contribution >= 4 is 9.84 Å². The summed E-state index contributed by atoms with van der Waals surface area (Å²) in [7, 11) is -2.84. The first-order chi connectivity index (χ1) is 6.02. The van der Waals surface area contributed by atoms with E-state index in [1.165, 1.54) is 0 Å². The van der Waals surface area contributed by atoms with Gasteiger partial charge in [0.25, 0.3) is 0 Å². The van der Waals surface area contributed by atoms with Gasteiger partial charge in [-0.15, -0.1) is 0 Å². The Hall–Kier alpha value is -0.0900. The van der Waals surface area contributed by atoms with E-state index in [-0.39, 0.29) is 29.3 Å². The number of ether oxygens (including phenoxy) is 1. The van der Waals surface area contributed by atoms with Crippen LogP contribution in [-0.4, -0.2) is 31.6 Å². The first-order valence-electron chi connectivity index (χ1n) is 4.89. The summed E-state index contributed by atoms with van der Waals surface area (Å²) in [6.07, 6.45) is 0.234. The van der Waals surface area contributed by atoms with E-state index >= 15 is 0 Å². The predicted molar refractivity (Wildman–Crippen MR) is 48.1 cm³/mol. The Balaban J connectivity index is 2.14. The van der Waals surface area contributed by atoms with Crippen molar-refractivity contribution in [2.75, 3.05) is 5.75 Å². The molecule has 0 amide bonds. The Labute approximate surface area is 78.4 Å². The van der Waals surface area contributed by atoms with Gasteiger partial charge < -0.3 is 4.74 Å². The average Bonchev–Trinajstić information content (AvgIpc) is 2.54. The molecular formula is C9H14O3S. The highest BCUT2D eigenvalue weighted by Crippen LogP contribution is 2.54. The highest BCUT2D eigenvalue weighted by atomic mass is 32.2. The van der Waals surface area contributed by atoms with Crippen LogP contribution in [0.4, 0.5) is 0 Å². The maximum Gasteiger partial charge on any atom is 0.156 e. The summed E-state index contributed by atoms with van der Waals surface area (Å²) in [4.78, 5) is 0. The van der Waals surface area contributed by atoms with Crippen molar-refractivity contribution in [2.24, 2.45) is 17.8 Å². The zero-order chi connectivity index (χ0) is 9.38. The molecule has 2 bridgehead atoms. The lowest BCUT2D eigenvalue weighted by atomic mass is 9.77. The van der Waals surface area contributed by atoms with Gasteiger partial charge in [0.15, 0.2) is 9.84 Å². The van der Waals surface area contributed by atoms with Gasteiger partial charge in [-0.1, -0.05) is 13.8 Å². The smallest absolute Gasteiger partial charge is 0.156 e. The Morgan fingerprint density at radius 1 is 1.15 bits per heavy atom. The summed E-state index contributed by atoms with van der Waals surface area (Å²) in [6.45, 7) is 4.15. The van der Waals surface area contributed by atoms with E-state index in [1.807, 2.05) is 6.92 Å². The average molecular weight is 202 g/mol. The molecule has 0 aromatic carbocycles. The minimum absolute atomic E-state index is 0.0278. The third kappa shape index (κ3) is 0.773. The molecule has 3 nitrogen and oxygen atoms in total. The Kier molecular flexibility index (Phi) is 1.34. The van der Waals surface area contributed by atoms with Gasteiger partial charge in [0.05, 0.1) is 23.2 Å². The zero-order valence-electron chi connectivity index (χ0n) is 7.80. The number of hydrogen-bond donors (Lipinski definition) is 0. The number of sulfone groups is 1. The second-order valence-electron chi connectivity index (χ2n) is 4.74. The van der Waals surface area contributed by atoms with Crippen molar-refractivity contribution in [3.05, 3.63) is 0 Å². The molecule has 6 atom stereocenters. The summed E-state index contributed by atoms with van der Waals surface area (Å²) < 4.78 is 29.3. The summed E-state index contributed by atoms with van der Waals surface area (Å²) in [5, 5.41) is -0.182. The second kappa shape index (κ2) is 2.11. The van der Waals surface area contributed by atoms with Gasteiger partial charge in [0.1, 0.15) is 0 Å². The van der Waals surface area contributed by atoms with E-state index in [2.05, 4.69) is 6.92 Å². The van der Waals surface area contributed by atoms with Crippen LogP contribution in [0.2, 0.25) is 0 Å². The molecule has 0 aromatic heterocycles. The molecule has 0 aromatic rings. The summed E-state index contributed by atoms with van der Waals surface area (Å²) in [6, 6.07) is 0. The monoisotopic (exact) mass is 202 g/mol. The molecule has 3 rings (SSSR count). The minimum atomic E-state index is -2.84. The van der Waals surface area contributed by atoms with Crippen LogP contribution >= 0.6 is 0 Å². The van der Waals surface area contributed by atoms with Gasteiger partial charge in [-0.2, -0.15) is 0 Å². The summed E-state index contributed by atoms with van der Waals surface area (Å²) in [5.41, 5.74) is 0. The Morgan fingerprint density at radius 3 is 2.46 bits per heavy atom. The van der Waals surface area contributed by atoms with Gasteiger partial charge in [-0.05, 0) is 5.92 Å². The molecule has 0 radical (unpaired) electrons. The van der Waals surface area contributed by atoms with Crippen LogP contribution in [0.3, 0.4) is 0 Å². The number of hydrogen-bond acceptors (Lipinski definition) is 3. The van der Waals surface area contributed by atoms with Gasteiger partial charge in [0, 0.05) is 11.8 Å². The maximum absolute atomic E-state index is 11.8. The van der Waals surface area contributed by atoms with Gasteiger partial charge >= 0.3 is 0 Å². The van der Waals surface area contributed by atoms with E-state index in [1.54, 1.807) is 0 Å². The van der Waals surface area contributed by atoms with Gasteiger partial charge in [-0.25, -0.2) is 8.42 Å². The van der Waals surface area contributed by atoms with E-state index < -0.39 is 9.84 Å². The topological polar surface area (TPSA) is 43.4 Å². The van der Waals surface area contributed by atoms with Gasteiger partial charge in [0.2, 0.25) is 0 Å². The second-order valence-corrected chi connectivity index (χ2v) is 6.94. The normalized spacial score (nSPS) is 61.7. The Morgan fingerprint density at radius 2 is 1.85 bits per heavy atom. The minimum Gasteiger partial charge on any atom is -0.373 e. The van der Waals surface area contributed by atoms with Crippen molar-refractivity contribution in [1.29, 1.82) is 0 Å². The molecule has 6 unspecified atom stereocenters. The van der Waals surface area contributed by atoms with Crippen LogP contribution < -0.4 is 0 Å². The van der Waals surface area contributed by atoms with Crippen LogP contribution in [-0.2, 0) is 14.6 Å². The van der Waals surface area contributed by atoms with E-state index in [0.717, 1.165) is 0 Å². The molecule has 0 aliphatic carbocycles. The fourth-order valence-corrected chi connectivity index (χ4v) is 6.25. The molecule has 4 heteroatoms. The first-order valence-corrected chi connectivity index (χ1v) is 6.61. The number of rotatable bonds is 0. The summed E-state index contributed by atoms with van der Waals surface area (Å²) in [5.74, 6) is 1.30. The lowest BCUT2D eigenvalue weighted by molar-refractivity contribution is 0.0806. The van der Waals surface area contributed by atoms with Crippen molar-refractivity contribution < 1.29 is 13.2 Å². The van der Waals surface area contributed by atoms with E-state index in [4.69, 9.17) is 4.74 Å². The fraction of sp³-hybridized carbons (Fsp3) is 1.00. The predicted octanol–water partition coefficient (Wildman–Crippen LogP) is 0.453. The molecule has 0 saturated carbocycles. The molecule has 3 aliphatic heterocycles. The lowest BCUT2D eigenvalue weighted by Gasteiger charge is -2.24. The van der Waals surface area contributed by atoms with Crippen LogP contribution in [0.25, 0.3) is 0 Å². The van der Waals surface area contributed by atoms with Crippen molar-refractivity contribution in [3.63, 3.8) is 0 Å². The molecule has 0 spiro atoms. The standard InChI is InChI=1S/C9H14O3S/c1-4-6-3-13(10,11)9-5(2)7(4)12-8(6)9/h4-9H,3H2,1-2H3. The molecule has 3 saturated heterocycles. The first kappa shape index (κ1) is 8.24. The van der Waals surface area contributed by atoms with Crippen LogP contribution in [0.5, 0.6) is 0 Å². The summed E-state index contributed by atoms with van der Waals surface area (Å²) >= 11 is 0. The third-order valence-corrected chi connectivity index (χ3v) is 6.51. The van der Waals surface area contributed by atoms with Crippen LogP contribution in [0.1, 0.15) is 13.8 Å². The quantitative estimate of drug-likeness (QED) is 0.573. The molecule has 3 aliphatic rings. The molecule has 0 N–H and O–H groups in total. The third-order valence-electron chi connectivity index (χ3n) is 4.13. The zero-order valence-corrected chi connectivity index (χ0v) is 8.62. The fourth-order valence-electron chi connectivity index (χ4n) is 3.52. The highest BCUT2D eigenvalue weighted by Gasteiger charge is 2.65. The molecule has 3 fully saturated rings. The molecule has 3 heterocycles. The SMILES string of the molecule is CC1C2CS(=O)(=O)C3C(C)C1OC23. The molecule has 74 valence electrons. The lowest BCUT2D eigenvalue weighted by Crippen LogP contribution is -2.36.